The molecule has 0 saturated heterocycles. The van der Waals surface area contributed by atoms with Crippen LogP contribution in [-0.4, -0.2) is 25.8 Å². The summed E-state index contributed by atoms with van der Waals surface area (Å²) in [4.78, 5) is 40.2. The predicted octanol–water partition coefficient (Wildman–Crippen LogP) is 4.96. The van der Waals surface area contributed by atoms with E-state index in [0.717, 1.165) is 18.4 Å². The fourth-order valence-electron chi connectivity index (χ4n) is 3.81. The van der Waals surface area contributed by atoms with Crippen LogP contribution in [0.3, 0.4) is 0 Å². The van der Waals surface area contributed by atoms with Crippen LogP contribution < -0.4 is 15.8 Å². The number of nitrogens with zero attached hydrogens (tertiary/aromatic N) is 1. The molecule has 3 amide bonds. The van der Waals surface area contributed by atoms with Gasteiger partial charge in [0.25, 0.3) is 5.91 Å². The molecule has 9 heteroatoms. The van der Waals surface area contributed by atoms with E-state index in [4.69, 9.17) is 0 Å². The summed E-state index contributed by atoms with van der Waals surface area (Å²) in [5, 5.41) is 0. The number of carbonyl (C=O) groups excluding carboxylic acids is 3. The second-order valence-electron chi connectivity index (χ2n) is 10.5. The summed E-state index contributed by atoms with van der Waals surface area (Å²) in [6.45, 7) is 8.26. The molecule has 0 unspecified atom stereocenters. The Morgan fingerprint density at radius 3 is 2.51 bits per heavy atom. The van der Waals surface area contributed by atoms with Crippen molar-refractivity contribution in [3.8, 4) is 11.5 Å². The fraction of sp³-hybridized carbons (Fsp3) is 0.321. The number of fused-ring (bicyclic) bond motifs is 1. The van der Waals surface area contributed by atoms with Crippen molar-refractivity contribution in [3.63, 3.8) is 0 Å². The van der Waals surface area contributed by atoms with Crippen molar-refractivity contribution >= 4 is 51.9 Å². The molecule has 2 aromatic rings. The molecule has 37 heavy (non-hydrogen) atoms. The lowest BCUT2D eigenvalue weighted by atomic mass is 10.1. The molecular weight excluding hydrogens is 553 g/mol. The molecule has 1 fully saturated rings. The van der Waals surface area contributed by atoms with Gasteiger partial charge in [0, 0.05) is 27.1 Å². The number of carbonyl (C=O) groups is 3. The molecule has 2 aromatic carbocycles. The topological polar surface area (TPSA) is 78.5 Å². The molecule has 192 valence electrons. The van der Waals surface area contributed by atoms with Gasteiger partial charge in [-0.05, 0) is 65.0 Å². The molecule has 0 bridgehead atoms. The molecule has 1 saturated carbocycles. The van der Waals surface area contributed by atoms with E-state index in [1.54, 1.807) is 24.0 Å². The number of rotatable bonds is 4. The maximum absolute atomic E-state index is 14.3. The first kappa shape index (κ1) is 26.8. The van der Waals surface area contributed by atoms with Gasteiger partial charge in [-0.3, -0.25) is 25.2 Å². The summed E-state index contributed by atoms with van der Waals surface area (Å²) in [5.74, 6) is 1.68. The number of amides is 3. The molecule has 1 heterocycles. The van der Waals surface area contributed by atoms with Gasteiger partial charge in [0.15, 0.2) is 0 Å². The van der Waals surface area contributed by atoms with Crippen LogP contribution >= 0.6 is 15.9 Å². The van der Waals surface area contributed by atoms with Crippen LogP contribution in [0.5, 0.6) is 0 Å². The number of hydrogen-bond donors (Lipinski definition) is 2. The number of halogens is 2. The van der Waals surface area contributed by atoms with Crippen molar-refractivity contribution in [2.45, 2.75) is 52.4 Å². The first-order chi connectivity index (χ1) is 17.4. The Hall–Kier alpha value is -3.22. The zero-order valence-electron chi connectivity index (χ0n) is 21.3. The lowest BCUT2D eigenvalue weighted by Gasteiger charge is -2.24. The van der Waals surface area contributed by atoms with Crippen molar-refractivity contribution < 1.29 is 18.8 Å². The first-order valence-electron chi connectivity index (χ1n) is 12.1. The molecule has 0 spiro atoms. The highest BCUT2D eigenvalue weighted by Crippen LogP contribution is 2.39. The van der Waals surface area contributed by atoms with Crippen molar-refractivity contribution in [1.82, 2.24) is 10.9 Å². The number of hydrogen-bond acceptors (Lipinski definition) is 3. The van der Waals surface area contributed by atoms with Gasteiger partial charge in [0.1, 0.15) is 13.9 Å². The van der Waals surface area contributed by atoms with E-state index < -0.39 is 14.0 Å². The van der Waals surface area contributed by atoms with E-state index in [2.05, 4.69) is 57.9 Å². The minimum atomic E-state index is -1.64. The third-order valence-electron chi connectivity index (χ3n) is 6.10. The van der Waals surface area contributed by atoms with Gasteiger partial charge in [-0.1, -0.05) is 43.8 Å². The van der Waals surface area contributed by atoms with Gasteiger partial charge >= 0.3 is 0 Å². The average molecular weight is 583 g/mol. The number of anilines is 1. The van der Waals surface area contributed by atoms with E-state index in [1.807, 2.05) is 18.2 Å². The number of aryl methyl sites for hydroxylation is 1. The van der Waals surface area contributed by atoms with Crippen LogP contribution in [0.25, 0.3) is 4.48 Å². The quantitative estimate of drug-likeness (QED) is 0.304. The molecule has 2 N–H and O–H groups in total. The average Bonchev–Trinajstić information content (AvgIpc) is 3.69. The number of benzene rings is 2. The first-order valence-corrected chi connectivity index (χ1v) is 16.4. The Labute approximate surface area is 225 Å². The van der Waals surface area contributed by atoms with Crippen LogP contribution in [0, 0.1) is 30.1 Å². The van der Waals surface area contributed by atoms with Crippen molar-refractivity contribution in [3.05, 3.63) is 70.0 Å². The summed E-state index contributed by atoms with van der Waals surface area (Å²) >= 11 is 3.55. The summed E-state index contributed by atoms with van der Waals surface area (Å²) < 4.78 is 14.8. The Kier molecular flexibility index (Phi) is 7.71. The lowest BCUT2D eigenvalue weighted by molar-refractivity contribution is -0.128. The molecule has 1 aliphatic carbocycles. The minimum absolute atomic E-state index is 0.0738. The highest BCUT2D eigenvalue weighted by atomic mass is 79.9. The molecule has 0 atom stereocenters. The van der Waals surface area contributed by atoms with E-state index in [-0.39, 0.29) is 42.1 Å². The zero-order chi connectivity index (χ0) is 26.9. The van der Waals surface area contributed by atoms with E-state index in [9.17, 15) is 18.8 Å². The maximum Gasteiger partial charge on any atom is 0.267 e. The molecule has 2 aliphatic rings. The Morgan fingerprint density at radius 1 is 1.14 bits per heavy atom. The van der Waals surface area contributed by atoms with Gasteiger partial charge in [-0.2, -0.15) is 0 Å². The normalized spacial score (nSPS) is 15.4. The second kappa shape index (κ2) is 10.6. The van der Waals surface area contributed by atoms with Gasteiger partial charge in [-0.15, -0.1) is 5.54 Å². The predicted molar refractivity (Wildman–Crippen MR) is 148 cm³/mol. The molecule has 0 radical (unpaired) electrons. The maximum atomic E-state index is 14.3. The van der Waals surface area contributed by atoms with Crippen molar-refractivity contribution in [2.24, 2.45) is 5.92 Å². The Morgan fingerprint density at radius 2 is 1.86 bits per heavy atom. The summed E-state index contributed by atoms with van der Waals surface area (Å²) in [6, 6.07) is 10.4. The van der Waals surface area contributed by atoms with Gasteiger partial charge < -0.3 is 4.90 Å². The summed E-state index contributed by atoms with van der Waals surface area (Å²) in [6.07, 6.45) is 1.40. The van der Waals surface area contributed by atoms with Gasteiger partial charge in [0.05, 0.1) is 18.7 Å². The highest BCUT2D eigenvalue weighted by molar-refractivity contribution is 9.15. The standard InChI is InChI=1S/C28H29BrFN3O3Si/c1-17-5-6-19(13-23(17)30)16-33-24-14-18(11-12-37(2,3)4)7-10-21(24)26(29)22(15-25(33)34)28(36)32-31-27(35)20-8-9-20/h5-7,10,13-14,20H,8-9,15-16H2,1-4H3,(H,31,35)(H,32,36). The monoisotopic (exact) mass is 581 g/mol. The second-order valence-corrected chi connectivity index (χ2v) is 16.0. The van der Waals surface area contributed by atoms with Crippen molar-refractivity contribution in [1.29, 1.82) is 0 Å². The number of hydrazine groups is 1. The van der Waals surface area contributed by atoms with Crippen LogP contribution in [0.4, 0.5) is 10.1 Å². The van der Waals surface area contributed by atoms with Crippen LogP contribution in [0.1, 0.15) is 41.5 Å². The molecule has 1 aliphatic heterocycles. The Bertz CT molecular complexity index is 1380. The Balaban J connectivity index is 1.73. The van der Waals surface area contributed by atoms with Crippen LogP contribution in [-0.2, 0) is 20.9 Å². The third-order valence-corrected chi connectivity index (χ3v) is 7.88. The fourth-order valence-corrected chi connectivity index (χ4v) is 4.99. The highest BCUT2D eigenvalue weighted by Gasteiger charge is 2.32. The summed E-state index contributed by atoms with van der Waals surface area (Å²) in [7, 11) is -1.64. The van der Waals surface area contributed by atoms with Gasteiger partial charge in [-0.25, -0.2) is 4.39 Å². The minimum Gasteiger partial charge on any atom is -0.307 e. The largest absolute Gasteiger partial charge is 0.307 e. The summed E-state index contributed by atoms with van der Waals surface area (Å²) in [5.41, 5.74) is 11.5. The molecule has 4 rings (SSSR count). The van der Waals surface area contributed by atoms with Crippen LogP contribution in [0.15, 0.2) is 42.0 Å². The third kappa shape index (κ3) is 6.56. The van der Waals surface area contributed by atoms with Crippen LogP contribution in [0.2, 0.25) is 19.6 Å². The molecule has 6 nitrogen and oxygen atoms in total. The van der Waals surface area contributed by atoms with E-state index >= 15 is 0 Å². The van der Waals surface area contributed by atoms with E-state index in [1.165, 1.54) is 6.07 Å². The van der Waals surface area contributed by atoms with Crippen molar-refractivity contribution in [2.75, 3.05) is 4.90 Å². The SMILES string of the molecule is Cc1ccc(CN2C(=O)CC(C(=O)NNC(=O)C3CC3)=C(Br)c3ccc(C#C[Si](C)(C)C)cc32)cc1F. The molecule has 0 aromatic heterocycles. The van der Waals surface area contributed by atoms with E-state index in [0.29, 0.717) is 26.9 Å². The lowest BCUT2D eigenvalue weighted by Crippen LogP contribution is -2.43. The smallest absolute Gasteiger partial charge is 0.267 e. The van der Waals surface area contributed by atoms with Gasteiger partial charge in [0.2, 0.25) is 11.8 Å². The number of nitrogens with one attached hydrogen (secondary N) is 2. The zero-order valence-corrected chi connectivity index (χ0v) is 23.9. The molecular formula is C28H29BrFN3O3Si.